The highest BCUT2D eigenvalue weighted by atomic mass is 16.5. The van der Waals surface area contributed by atoms with Gasteiger partial charge in [0.15, 0.2) is 5.78 Å². The van der Waals surface area contributed by atoms with Gasteiger partial charge in [0, 0.05) is 12.0 Å². The van der Waals surface area contributed by atoms with Crippen LogP contribution < -0.4 is 5.32 Å². The maximum absolute atomic E-state index is 14.8. The van der Waals surface area contributed by atoms with E-state index in [9.17, 15) is 19.2 Å². The standard InChI is InChI=1S/C41H57NO6/c1-36(2)30-14-17-41(7)34(39(30,5)16-15-31(36)42-32(44)23-33(45)47-8)29(43)22-27-28-24-38(4,19-18-37(28,3)20-21-40(27,41)6)35(46)48-25-26-12-10-9-11-13-26/h9-13,22,28,30-31,34H,14-21,23-25H2,1-8H3,(H,42,44)/t28-,30?,31-,34?,37+,38-,39-,40+,41+/m0/s1. The second-order valence-electron chi connectivity index (χ2n) is 18.0. The van der Waals surface area contributed by atoms with Gasteiger partial charge < -0.3 is 14.8 Å². The lowest BCUT2D eigenvalue weighted by Gasteiger charge is -2.70. The number of fused-ring (bicyclic) bond motifs is 7. The van der Waals surface area contributed by atoms with Crippen LogP contribution in [0.5, 0.6) is 0 Å². The number of nitrogens with one attached hydrogen (secondary N) is 1. The Bertz CT molecular complexity index is 1520. The first-order valence-corrected chi connectivity index (χ1v) is 18.3. The fourth-order valence-corrected chi connectivity index (χ4v) is 12.0. The number of rotatable bonds is 6. The number of ether oxygens (including phenoxy) is 2. The number of benzene rings is 1. The van der Waals surface area contributed by atoms with Crippen molar-refractivity contribution in [3.63, 3.8) is 0 Å². The average molecular weight is 660 g/mol. The third kappa shape index (κ3) is 5.28. The monoisotopic (exact) mass is 659 g/mol. The molecule has 1 aromatic rings. The minimum atomic E-state index is -0.594. The van der Waals surface area contributed by atoms with E-state index in [2.05, 4.69) is 59.9 Å². The van der Waals surface area contributed by atoms with Crippen LogP contribution in [-0.2, 0) is 35.3 Å². The van der Waals surface area contributed by atoms with Crippen molar-refractivity contribution in [3.8, 4) is 0 Å². The van der Waals surface area contributed by atoms with Gasteiger partial charge in [0.05, 0.1) is 12.5 Å². The lowest BCUT2D eigenvalue weighted by molar-refractivity contribution is -0.190. The van der Waals surface area contributed by atoms with Crippen LogP contribution in [0.2, 0.25) is 0 Å². The Morgan fingerprint density at radius 2 is 1.56 bits per heavy atom. The number of esters is 2. The van der Waals surface area contributed by atoms with Gasteiger partial charge >= 0.3 is 11.9 Å². The molecule has 5 aliphatic rings. The fourth-order valence-electron chi connectivity index (χ4n) is 12.0. The molecule has 6 rings (SSSR count). The van der Waals surface area contributed by atoms with Gasteiger partial charge in [0.1, 0.15) is 13.0 Å². The lowest BCUT2D eigenvalue weighted by atomic mass is 9.33. The predicted octanol–water partition coefficient (Wildman–Crippen LogP) is 7.76. The van der Waals surface area contributed by atoms with Crippen molar-refractivity contribution in [3.05, 3.63) is 47.5 Å². The number of hydrogen-bond donors (Lipinski definition) is 1. The maximum Gasteiger partial charge on any atom is 0.315 e. The number of carbonyl (C=O) groups excluding carboxylic acids is 4. The van der Waals surface area contributed by atoms with Crippen LogP contribution in [0.25, 0.3) is 0 Å². The Hall–Kier alpha value is -2.96. The summed E-state index contributed by atoms with van der Waals surface area (Å²) in [5, 5.41) is 3.17. The predicted molar refractivity (Wildman–Crippen MR) is 184 cm³/mol. The Kier molecular flexibility index (Phi) is 8.60. The van der Waals surface area contributed by atoms with E-state index in [0.29, 0.717) is 6.42 Å². The molecule has 0 spiro atoms. The molecule has 48 heavy (non-hydrogen) atoms. The van der Waals surface area contributed by atoms with E-state index in [0.717, 1.165) is 56.9 Å². The molecule has 1 aromatic carbocycles. The molecule has 0 aromatic heterocycles. The average Bonchev–Trinajstić information content (AvgIpc) is 3.03. The Morgan fingerprint density at radius 3 is 2.25 bits per heavy atom. The Labute approximate surface area is 287 Å². The van der Waals surface area contributed by atoms with Crippen LogP contribution >= 0.6 is 0 Å². The number of hydrogen-bond acceptors (Lipinski definition) is 6. The molecule has 0 aliphatic heterocycles. The molecule has 0 heterocycles. The zero-order chi connectivity index (χ0) is 34.9. The zero-order valence-electron chi connectivity index (χ0n) is 30.5. The van der Waals surface area contributed by atoms with Crippen molar-refractivity contribution in [2.45, 2.75) is 125 Å². The second-order valence-corrected chi connectivity index (χ2v) is 18.0. The minimum absolute atomic E-state index is 0.0532. The summed E-state index contributed by atoms with van der Waals surface area (Å²) < 4.78 is 10.7. The van der Waals surface area contributed by atoms with Gasteiger partial charge in [0.2, 0.25) is 5.91 Å². The number of carbonyl (C=O) groups is 4. The molecule has 5 aliphatic carbocycles. The van der Waals surface area contributed by atoms with Crippen molar-refractivity contribution < 1.29 is 28.7 Å². The van der Waals surface area contributed by atoms with Crippen LogP contribution in [0.3, 0.4) is 0 Å². The van der Waals surface area contributed by atoms with Crippen molar-refractivity contribution in [2.24, 2.45) is 50.2 Å². The Balaban J connectivity index is 1.28. The summed E-state index contributed by atoms with van der Waals surface area (Å²) in [4.78, 5) is 53.0. The first kappa shape index (κ1) is 34.9. The van der Waals surface area contributed by atoms with E-state index in [1.54, 1.807) is 0 Å². The number of methoxy groups -OCH3 is 1. The van der Waals surface area contributed by atoms with Gasteiger partial charge in [-0.15, -0.1) is 0 Å². The largest absolute Gasteiger partial charge is 0.469 e. The summed E-state index contributed by atoms with van der Waals surface area (Å²) in [6.45, 7) is 16.4. The van der Waals surface area contributed by atoms with Gasteiger partial charge in [-0.25, -0.2) is 0 Å². The molecular formula is C41H57NO6. The molecule has 0 bridgehead atoms. The SMILES string of the molecule is COC(=O)CC(=O)N[C@H]1CC[C@@]2(C)C(CC[C@]3(C)C2C(=O)C=C2[C@@H]4C[C@@](C)(C(=O)OCc5ccccc5)CC[C@]4(C)CC[C@]23C)C1(C)C. The highest BCUT2D eigenvalue weighted by Gasteiger charge is 2.70. The van der Waals surface area contributed by atoms with E-state index >= 15 is 0 Å². The topological polar surface area (TPSA) is 98.8 Å². The molecule has 7 heteroatoms. The fraction of sp³-hybridized carbons (Fsp3) is 0.707. The van der Waals surface area contributed by atoms with E-state index < -0.39 is 11.4 Å². The van der Waals surface area contributed by atoms with Crippen molar-refractivity contribution in [1.82, 2.24) is 5.32 Å². The molecule has 2 unspecified atom stereocenters. The van der Waals surface area contributed by atoms with Gasteiger partial charge in [-0.3, -0.25) is 19.2 Å². The molecule has 1 amide bonds. The second kappa shape index (κ2) is 11.8. The summed E-state index contributed by atoms with van der Waals surface area (Å²) in [7, 11) is 1.30. The maximum atomic E-state index is 14.8. The van der Waals surface area contributed by atoms with Gasteiger partial charge in [-0.05, 0) is 115 Å². The normalized spacial score (nSPS) is 41.3. The van der Waals surface area contributed by atoms with Crippen molar-refractivity contribution in [1.29, 1.82) is 0 Å². The van der Waals surface area contributed by atoms with E-state index in [-0.39, 0.29) is 81.6 Å². The summed E-state index contributed by atoms with van der Waals surface area (Å²) in [5.74, 6) is -0.417. The number of ketones is 1. The van der Waals surface area contributed by atoms with Gasteiger partial charge in [-0.1, -0.05) is 77.4 Å². The molecule has 262 valence electrons. The van der Waals surface area contributed by atoms with Crippen LogP contribution in [0.4, 0.5) is 0 Å². The number of allylic oxidation sites excluding steroid dienone is 2. The van der Waals surface area contributed by atoms with Gasteiger partial charge in [-0.2, -0.15) is 0 Å². The quantitative estimate of drug-likeness (QED) is 0.248. The zero-order valence-corrected chi connectivity index (χ0v) is 30.5. The molecule has 4 saturated carbocycles. The molecule has 1 N–H and O–H groups in total. The van der Waals surface area contributed by atoms with Crippen LogP contribution in [-0.4, -0.2) is 36.8 Å². The molecule has 0 radical (unpaired) electrons. The molecule has 7 nitrogen and oxygen atoms in total. The van der Waals surface area contributed by atoms with Crippen LogP contribution in [0.1, 0.15) is 118 Å². The molecule has 4 fully saturated rings. The van der Waals surface area contributed by atoms with Crippen molar-refractivity contribution in [2.75, 3.05) is 7.11 Å². The number of amides is 1. The molecule has 9 atom stereocenters. The Morgan fingerprint density at radius 1 is 0.875 bits per heavy atom. The van der Waals surface area contributed by atoms with E-state index in [1.165, 1.54) is 12.7 Å². The summed E-state index contributed by atoms with van der Waals surface area (Å²) in [6, 6.07) is 9.79. The van der Waals surface area contributed by atoms with Crippen molar-refractivity contribution >= 4 is 23.6 Å². The summed E-state index contributed by atoms with van der Waals surface area (Å²) in [6.07, 6.45) is 9.95. The molecular weight excluding hydrogens is 602 g/mol. The first-order valence-electron chi connectivity index (χ1n) is 18.3. The summed E-state index contributed by atoms with van der Waals surface area (Å²) >= 11 is 0. The summed E-state index contributed by atoms with van der Waals surface area (Å²) in [5.41, 5.74) is 0.912. The molecule has 0 saturated heterocycles. The highest BCUT2D eigenvalue weighted by Crippen LogP contribution is 2.75. The lowest BCUT2D eigenvalue weighted by Crippen LogP contribution is -2.67. The minimum Gasteiger partial charge on any atom is -0.469 e. The van der Waals surface area contributed by atoms with E-state index in [1.807, 2.05) is 30.3 Å². The first-order chi connectivity index (χ1) is 22.4. The van der Waals surface area contributed by atoms with Crippen LogP contribution in [0, 0.1) is 50.2 Å². The van der Waals surface area contributed by atoms with Gasteiger partial charge in [0.25, 0.3) is 0 Å². The van der Waals surface area contributed by atoms with E-state index in [4.69, 9.17) is 9.47 Å². The smallest absolute Gasteiger partial charge is 0.315 e. The highest BCUT2D eigenvalue weighted by molar-refractivity contribution is 5.96. The third-order valence-corrected chi connectivity index (χ3v) is 15.2. The van der Waals surface area contributed by atoms with Crippen LogP contribution in [0.15, 0.2) is 42.0 Å². The third-order valence-electron chi connectivity index (χ3n) is 15.2.